The minimum Gasteiger partial charge on any atom is -0.496 e. The van der Waals surface area contributed by atoms with E-state index < -0.39 is 10.0 Å². The zero-order valence-electron chi connectivity index (χ0n) is 16.9. The van der Waals surface area contributed by atoms with Gasteiger partial charge in [-0.1, -0.05) is 19.9 Å². The number of nitrogens with one attached hydrogen (secondary N) is 1. The van der Waals surface area contributed by atoms with Gasteiger partial charge in [0.05, 0.1) is 12.0 Å². The largest absolute Gasteiger partial charge is 0.496 e. The van der Waals surface area contributed by atoms with Crippen LogP contribution >= 0.6 is 0 Å². The molecule has 148 valence electrons. The number of methoxy groups -OCH3 is 1. The minimum atomic E-state index is -3.63. The van der Waals surface area contributed by atoms with E-state index in [4.69, 9.17) is 9.47 Å². The molecule has 0 aromatic heterocycles. The van der Waals surface area contributed by atoms with E-state index >= 15 is 0 Å². The minimum absolute atomic E-state index is 0.155. The Morgan fingerprint density at radius 2 is 1.63 bits per heavy atom. The van der Waals surface area contributed by atoms with Crippen LogP contribution in [0.2, 0.25) is 0 Å². The SMILES string of the molecule is COc1cc(C)c(S(=O)(=O)NCCOc2cc(C)cc(C)c2)cc1C(C)C. The van der Waals surface area contributed by atoms with Gasteiger partial charge in [-0.15, -0.1) is 0 Å². The van der Waals surface area contributed by atoms with Gasteiger partial charge in [0.2, 0.25) is 10.0 Å². The first-order valence-electron chi connectivity index (χ1n) is 9.03. The highest BCUT2D eigenvalue weighted by Gasteiger charge is 2.20. The van der Waals surface area contributed by atoms with E-state index in [9.17, 15) is 8.42 Å². The monoisotopic (exact) mass is 391 g/mol. The second kappa shape index (κ2) is 8.76. The van der Waals surface area contributed by atoms with Crippen LogP contribution in [-0.4, -0.2) is 28.7 Å². The molecule has 0 amide bonds. The molecule has 2 aromatic carbocycles. The Kier molecular flexibility index (Phi) is 6.89. The number of hydrogen-bond acceptors (Lipinski definition) is 4. The van der Waals surface area contributed by atoms with E-state index in [1.165, 1.54) is 0 Å². The zero-order chi connectivity index (χ0) is 20.2. The Hall–Kier alpha value is -2.05. The molecule has 0 bridgehead atoms. The molecule has 0 aliphatic rings. The van der Waals surface area contributed by atoms with Gasteiger partial charge in [-0.05, 0) is 73.2 Å². The molecular formula is C21H29NO4S. The molecule has 2 aromatic rings. The van der Waals surface area contributed by atoms with Crippen LogP contribution in [0.15, 0.2) is 35.2 Å². The third kappa shape index (κ3) is 5.47. The fraction of sp³-hybridized carbons (Fsp3) is 0.429. The normalized spacial score (nSPS) is 11.7. The van der Waals surface area contributed by atoms with Gasteiger partial charge in [-0.2, -0.15) is 0 Å². The van der Waals surface area contributed by atoms with Crippen molar-refractivity contribution in [2.75, 3.05) is 20.3 Å². The van der Waals surface area contributed by atoms with E-state index in [0.717, 1.165) is 22.4 Å². The van der Waals surface area contributed by atoms with Crippen LogP contribution in [0, 0.1) is 20.8 Å². The molecule has 6 heteroatoms. The number of sulfonamides is 1. The lowest BCUT2D eigenvalue weighted by Crippen LogP contribution is -2.29. The van der Waals surface area contributed by atoms with Gasteiger partial charge in [0.1, 0.15) is 18.1 Å². The summed E-state index contributed by atoms with van der Waals surface area (Å²) < 4.78 is 39.2. The van der Waals surface area contributed by atoms with E-state index in [0.29, 0.717) is 11.3 Å². The number of benzene rings is 2. The molecule has 27 heavy (non-hydrogen) atoms. The molecule has 0 spiro atoms. The van der Waals surface area contributed by atoms with Gasteiger partial charge < -0.3 is 9.47 Å². The highest BCUT2D eigenvalue weighted by molar-refractivity contribution is 7.89. The second-order valence-corrected chi connectivity index (χ2v) is 8.82. The highest BCUT2D eigenvalue weighted by Crippen LogP contribution is 2.31. The molecular weight excluding hydrogens is 362 g/mol. The maximum Gasteiger partial charge on any atom is 0.240 e. The lowest BCUT2D eigenvalue weighted by molar-refractivity contribution is 0.322. The molecule has 5 nitrogen and oxygen atoms in total. The summed E-state index contributed by atoms with van der Waals surface area (Å²) in [6.07, 6.45) is 0. The summed E-state index contributed by atoms with van der Waals surface area (Å²) in [4.78, 5) is 0.276. The molecule has 0 heterocycles. The number of ether oxygens (including phenoxy) is 2. The molecule has 0 atom stereocenters. The summed E-state index contributed by atoms with van der Waals surface area (Å²) in [6, 6.07) is 9.41. The van der Waals surface area contributed by atoms with Crippen molar-refractivity contribution in [3.05, 3.63) is 52.6 Å². The van der Waals surface area contributed by atoms with Gasteiger partial charge in [0.15, 0.2) is 0 Å². The topological polar surface area (TPSA) is 64.6 Å². The van der Waals surface area contributed by atoms with Gasteiger partial charge in [-0.3, -0.25) is 0 Å². The van der Waals surface area contributed by atoms with Crippen LogP contribution in [0.5, 0.6) is 11.5 Å². The standard InChI is InChI=1S/C21H29NO4S/c1-14(2)19-13-21(17(5)12-20(19)25-6)27(23,24)22-7-8-26-18-10-15(3)9-16(4)11-18/h9-14,22H,7-8H2,1-6H3. The number of hydrogen-bond donors (Lipinski definition) is 1. The summed E-state index contributed by atoms with van der Waals surface area (Å²) in [5.41, 5.74) is 3.75. The molecule has 0 unspecified atom stereocenters. The van der Waals surface area contributed by atoms with Crippen LogP contribution < -0.4 is 14.2 Å². The molecule has 0 aliphatic carbocycles. The van der Waals surface area contributed by atoms with Crippen LogP contribution in [0.1, 0.15) is 42.0 Å². The van der Waals surface area contributed by atoms with Crippen molar-refractivity contribution in [3.63, 3.8) is 0 Å². The van der Waals surface area contributed by atoms with Crippen molar-refractivity contribution in [1.82, 2.24) is 4.72 Å². The van der Waals surface area contributed by atoms with Gasteiger partial charge in [0.25, 0.3) is 0 Å². The first-order valence-corrected chi connectivity index (χ1v) is 10.5. The van der Waals surface area contributed by atoms with Gasteiger partial charge in [0, 0.05) is 6.54 Å². The number of rotatable bonds is 8. The molecule has 0 saturated heterocycles. The molecule has 0 fully saturated rings. The summed E-state index contributed by atoms with van der Waals surface area (Å²) in [6.45, 7) is 10.2. The van der Waals surface area contributed by atoms with E-state index in [1.807, 2.05) is 39.8 Å². The quantitative estimate of drug-likeness (QED) is 0.688. The molecule has 0 aliphatic heterocycles. The lowest BCUT2D eigenvalue weighted by atomic mass is 10.0. The molecule has 2 rings (SSSR count). The first-order chi connectivity index (χ1) is 12.6. The lowest BCUT2D eigenvalue weighted by Gasteiger charge is -2.17. The fourth-order valence-electron chi connectivity index (χ4n) is 3.03. The third-order valence-corrected chi connectivity index (χ3v) is 5.90. The van der Waals surface area contributed by atoms with Crippen molar-refractivity contribution in [2.45, 2.75) is 45.4 Å². The van der Waals surface area contributed by atoms with E-state index in [-0.39, 0.29) is 24.0 Å². The maximum absolute atomic E-state index is 12.7. The third-order valence-electron chi connectivity index (χ3n) is 4.30. The average molecular weight is 392 g/mol. The zero-order valence-corrected chi connectivity index (χ0v) is 17.7. The molecule has 0 radical (unpaired) electrons. The first kappa shape index (κ1) is 21.3. The van der Waals surface area contributed by atoms with Crippen molar-refractivity contribution in [1.29, 1.82) is 0 Å². The summed E-state index contributed by atoms with van der Waals surface area (Å²) in [5, 5.41) is 0. The van der Waals surface area contributed by atoms with Crippen LogP contribution in [0.25, 0.3) is 0 Å². The summed E-state index contributed by atoms with van der Waals surface area (Å²) in [5.74, 6) is 1.61. The van der Waals surface area contributed by atoms with E-state index in [2.05, 4.69) is 10.8 Å². The molecule has 1 N–H and O–H groups in total. The van der Waals surface area contributed by atoms with Crippen LogP contribution in [0.4, 0.5) is 0 Å². The molecule has 0 saturated carbocycles. The average Bonchev–Trinajstić information content (AvgIpc) is 2.57. The maximum atomic E-state index is 12.7. The Morgan fingerprint density at radius 1 is 1.00 bits per heavy atom. The smallest absolute Gasteiger partial charge is 0.240 e. The van der Waals surface area contributed by atoms with Crippen molar-refractivity contribution in [3.8, 4) is 11.5 Å². The van der Waals surface area contributed by atoms with Gasteiger partial charge in [-0.25, -0.2) is 13.1 Å². The highest BCUT2D eigenvalue weighted by atomic mass is 32.2. The van der Waals surface area contributed by atoms with Crippen molar-refractivity contribution >= 4 is 10.0 Å². The van der Waals surface area contributed by atoms with Gasteiger partial charge >= 0.3 is 0 Å². The van der Waals surface area contributed by atoms with Crippen molar-refractivity contribution < 1.29 is 17.9 Å². The predicted octanol–water partition coefficient (Wildman–Crippen LogP) is 4.10. The van der Waals surface area contributed by atoms with Crippen LogP contribution in [0.3, 0.4) is 0 Å². The Labute approximate surface area is 162 Å². The summed E-state index contributed by atoms with van der Waals surface area (Å²) in [7, 11) is -2.03. The van der Waals surface area contributed by atoms with Crippen LogP contribution in [-0.2, 0) is 10.0 Å². The Morgan fingerprint density at radius 3 is 2.19 bits per heavy atom. The fourth-order valence-corrected chi connectivity index (χ4v) is 4.31. The summed E-state index contributed by atoms with van der Waals surface area (Å²) >= 11 is 0. The van der Waals surface area contributed by atoms with Crippen molar-refractivity contribution in [2.24, 2.45) is 0 Å². The number of aryl methyl sites for hydroxylation is 3. The van der Waals surface area contributed by atoms with E-state index in [1.54, 1.807) is 26.2 Å². The second-order valence-electron chi connectivity index (χ2n) is 7.08. The Balaban J connectivity index is 2.09. The Bertz CT molecular complexity index is 884. The predicted molar refractivity (Wildman–Crippen MR) is 108 cm³/mol.